The molecule has 2 aromatic carbocycles. The number of nitrogens with one attached hydrogen (secondary N) is 1. The van der Waals surface area contributed by atoms with Gasteiger partial charge in [-0.2, -0.15) is 0 Å². The number of methoxy groups -OCH3 is 1. The van der Waals surface area contributed by atoms with Crippen LogP contribution in [-0.4, -0.2) is 12.1 Å². The Morgan fingerprint density at radius 3 is 2.38 bits per heavy atom. The summed E-state index contributed by atoms with van der Waals surface area (Å²) in [5.41, 5.74) is 8.92. The summed E-state index contributed by atoms with van der Waals surface area (Å²) in [4.78, 5) is 4.61. The number of aromatic nitrogens is 1. The van der Waals surface area contributed by atoms with E-state index >= 15 is 0 Å². The first-order valence-corrected chi connectivity index (χ1v) is 7.95. The summed E-state index contributed by atoms with van der Waals surface area (Å²) < 4.78 is 5.39. The van der Waals surface area contributed by atoms with E-state index in [4.69, 9.17) is 33.7 Å². The van der Waals surface area contributed by atoms with Gasteiger partial charge in [-0.1, -0.05) is 23.2 Å². The van der Waals surface area contributed by atoms with Crippen LogP contribution in [0.25, 0.3) is 11.3 Å². The molecular weight excluding hydrogens is 345 g/mol. The van der Waals surface area contributed by atoms with Gasteiger partial charge in [-0.05, 0) is 48.5 Å². The molecule has 4 nitrogen and oxygen atoms in total. The van der Waals surface area contributed by atoms with Crippen LogP contribution in [-0.2, 0) is 0 Å². The Morgan fingerprint density at radius 2 is 1.67 bits per heavy atom. The van der Waals surface area contributed by atoms with Crippen LogP contribution in [0.1, 0.15) is 0 Å². The Morgan fingerprint density at radius 1 is 0.958 bits per heavy atom. The fourth-order valence-electron chi connectivity index (χ4n) is 2.32. The molecular formula is C18H15Cl2N3O. The van der Waals surface area contributed by atoms with Gasteiger partial charge < -0.3 is 15.8 Å². The highest BCUT2D eigenvalue weighted by molar-refractivity contribution is 6.31. The SMILES string of the molecule is COc1ccc(Cl)cc1-c1cc(N)cc(Nc2ccc(Cl)cc2)n1. The molecule has 0 amide bonds. The van der Waals surface area contributed by atoms with Gasteiger partial charge in [0, 0.05) is 33.0 Å². The zero-order valence-electron chi connectivity index (χ0n) is 12.9. The second-order valence-corrected chi connectivity index (χ2v) is 6.02. The van der Waals surface area contributed by atoms with Gasteiger partial charge in [0.15, 0.2) is 0 Å². The van der Waals surface area contributed by atoms with E-state index < -0.39 is 0 Å². The number of halogens is 2. The third-order valence-electron chi connectivity index (χ3n) is 3.40. The van der Waals surface area contributed by atoms with Crippen molar-refractivity contribution in [1.29, 1.82) is 0 Å². The molecule has 6 heteroatoms. The van der Waals surface area contributed by atoms with Gasteiger partial charge in [0.1, 0.15) is 11.6 Å². The van der Waals surface area contributed by atoms with Crippen molar-refractivity contribution in [1.82, 2.24) is 4.98 Å². The average Bonchev–Trinajstić information content (AvgIpc) is 2.56. The summed E-state index contributed by atoms with van der Waals surface area (Å²) in [6.45, 7) is 0. The molecule has 3 N–H and O–H groups in total. The molecule has 1 heterocycles. The average molecular weight is 360 g/mol. The number of nitrogens with two attached hydrogens (primary N) is 1. The summed E-state index contributed by atoms with van der Waals surface area (Å²) in [5.74, 6) is 1.30. The van der Waals surface area contributed by atoms with Crippen LogP contribution < -0.4 is 15.8 Å². The normalized spacial score (nSPS) is 10.5. The molecule has 0 bridgehead atoms. The number of hydrogen-bond acceptors (Lipinski definition) is 4. The monoisotopic (exact) mass is 359 g/mol. The Bertz CT molecular complexity index is 867. The van der Waals surface area contributed by atoms with E-state index in [2.05, 4.69) is 10.3 Å². The van der Waals surface area contributed by atoms with Crippen molar-refractivity contribution in [3.8, 4) is 17.0 Å². The van der Waals surface area contributed by atoms with Crippen LogP contribution in [0.5, 0.6) is 5.75 Å². The summed E-state index contributed by atoms with van der Waals surface area (Å²) >= 11 is 12.0. The Kier molecular flexibility index (Phi) is 4.79. The first kappa shape index (κ1) is 16.4. The highest BCUT2D eigenvalue weighted by Gasteiger charge is 2.10. The minimum atomic E-state index is 0.582. The van der Waals surface area contributed by atoms with Gasteiger partial charge >= 0.3 is 0 Å². The number of anilines is 3. The second kappa shape index (κ2) is 6.99. The Hall–Kier alpha value is -2.43. The molecule has 0 aliphatic heterocycles. The van der Waals surface area contributed by atoms with Crippen LogP contribution in [0.15, 0.2) is 54.6 Å². The van der Waals surface area contributed by atoms with Gasteiger partial charge in [0.2, 0.25) is 0 Å². The minimum Gasteiger partial charge on any atom is -0.496 e. The third-order valence-corrected chi connectivity index (χ3v) is 3.89. The molecule has 0 unspecified atom stereocenters. The van der Waals surface area contributed by atoms with Gasteiger partial charge in [-0.25, -0.2) is 4.98 Å². The highest BCUT2D eigenvalue weighted by Crippen LogP contribution is 2.33. The van der Waals surface area contributed by atoms with Crippen LogP contribution >= 0.6 is 23.2 Å². The predicted octanol–water partition coefficient (Wildman–Crippen LogP) is 5.39. The van der Waals surface area contributed by atoms with Crippen LogP contribution in [0, 0.1) is 0 Å². The fourth-order valence-corrected chi connectivity index (χ4v) is 2.61. The van der Waals surface area contributed by atoms with Gasteiger partial charge in [-0.3, -0.25) is 0 Å². The zero-order valence-corrected chi connectivity index (χ0v) is 14.4. The van der Waals surface area contributed by atoms with Crippen molar-refractivity contribution in [3.05, 3.63) is 64.6 Å². The Labute approximate surface area is 150 Å². The van der Waals surface area contributed by atoms with E-state index in [-0.39, 0.29) is 0 Å². The molecule has 3 aromatic rings. The van der Waals surface area contributed by atoms with Crippen molar-refractivity contribution in [2.75, 3.05) is 18.2 Å². The fraction of sp³-hybridized carbons (Fsp3) is 0.0556. The number of benzene rings is 2. The number of nitrogen functional groups attached to an aromatic ring is 1. The Balaban J connectivity index is 2.00. The lowest BCUT2D eigenvalue weighted by Gasteiger charge is -2.12. The van der Waals surface area contributed by atoms with E-state index in [9.17, 15) is 0 Å². The molecule has 0 spiro atoms. The summed E-state index contributed by atoms with van der Waals surface area (Å²) in [6, 6.07) is 16.2. The maximum absolute atomic E-state index is 6.11. The lowest BCUT2D eigenvalue weighted by Crippen LogP contribution is -1.98. The van der Waals surface area contributed by atoms with E-state index in [1.165, 1.54) is 0 Å². The molecule has 0 saturated heterocycles. The standard InChI is InChI=1S/C18H15Cl2N3O/c1-24-17-7-4-12(20)8-15(17)16-9-13(21)10-18(23-16)22-14-5-2-11(19)3-6-14/h2-10H,1H3,(H3,21,22,23). The molecule has 0 radical (unpaired) electrons. The molecule has 0 atom stereocenters. The summed E-state index contributed by atoms with van der Waals surface area (Å²) in [5, 5.41) is 4.48. The summed E-state index contributed by atoms with van der Waals surface area (Å²) in [7, 11) is 1.60. The molecule has 0 saturated carbocycles. The maximum Gasteiger partial charge on any atom is 0.133 e. The van der Waals surface area contributed by atoms with Gasteiger partial charge in [0.05, 0.1) is 12.8 Å². The predicted molar refractivity (Wildman–Crippen MR) is 100 cm³/mol. The summed E-state index contributed by atoms with van der Waals surface area (Å²) in [6.07, 6.45) is 0. The van der Waals surface area contributed by atoms with E-state index in [0.717, 1.165) is 11.3 Å². The van der Waals surface area contributed by atoms with E-state index in [1.807, 2.05) is 12.1 Å². The molecule has 3 rings (SSSR count). The van der Waals surface area contributed by atoms with Gasteiger partial charge in [0.25, 0.3) is 0 Å². The quantitative estimate of drug-likeness (QED) is 0.655. The van der Waals surface area contributed by atoms with Crippen LogP contribution in [0.4, 0.5) is 17.2 Å². The first-order valence-electron chi connectivity index (χ1n) is 7.19. The number of nitrogens with zero attached hydrogens (tertiary/aromatic N) is 1. The van der Waals surface area contributed by atoms with Crippen molar-refractivity contribution in [2.45, 2.75) is 0 Å². The topological polar surface area (TPSA) is 60.2 Å². The molecule has 122 valence electrons. The lowest BCUT2D eigenvalue weighted by molar-refractivity contribution is 0.416. The van der Waals surface area contributed by atoms with Crippen molar-refractivity contribution >= 4 is 40.4 Å². The van der Waals surface area contributed by atoms with Crippen LogP contribution in [0.2, 0.25) is 10.0 Å². The molecule has 0 aliphatic rings. The van der Waals surface area contributed by atoms with Gasteiger partial charge in [-0.15, -0.1) is 0 Å². The number of rotatable bonds is 4. The third kappa shape index (κ3) is 3.72. The molecule has 1 aromatic heterocycles. The largest absolute Gasteiger partial charge is 0.496 e. The van der Waals surface area contributed by atoms with Crippen molar-refractivity contribution in [2.24, 2.45) is 0 Å². The highest BCUT2D eigenvalue weighted by atomic mass is 35.5. The number of pyridine rings is 1. The van der Waals surface area contributed by atoms with Crippen molar-refractivity contribution < 1.29 is 4.74 Å². The van der Waals surface area contributed by atoms with Crippen LogP contribution in [0.3, 0.4) is 0 Å². The zero-order chi connectivity index (χ0) is 17.1. The molecule has 0 fully saturated rings. The minimum absolute atomic E-state index is 0.582. The van der Waals surface area contributed by atoms with E-state index in [1.54, 1.807) is 49.6 Å². The first-order chi connectivity index (χ1) is 11.5. The number of hydrogen-bond donors (Lipinski definition) is 2. The molecule has 0 aliphatic carbocycles. The smallest absolute Gasteiger partial charge is 0.133 e. The second-order valence-electron chi connectivity index (χ2n) is 5.15. The maximum atomic E-state index is 6.11. The van der Waals surface area contributed by atoms with Crippen molar-refractivity contribution in [3.63, 3.8) is 0 Å². The number of ether oxygens (including phenoxy) is 1. The molecule has 24 heavy (non-hydrogen) atoms. The van der Waals surface area contributed by atoms with E-state index in [0.29, 0.717) is 33.0 Å². The lowest BCUT2D eigenvalue weighted by atomic mass is 10.1.